The predicted octanol–water partition coefficient (Wildman–Crippen LogP) is 9.68. The molecule has 0 saturated heterocycles. The second-order valence-electron chi connectivity index (χ2n) is 22.7. The molecule has 0 fully saturated rings. The van der Waals surface area contributed by atoms with Crippen molar-refractivity contribution in [2.75, 3.05) is 76.1 Å². The molecule has 6 heterocycles. The number of anilines is 3. The van der Waals surface area contributed by atoms with Crippen LogP contribution in [0.3, 0.4) is 0 Å². The summed E-state index contributed by atoms with van der Waals surface area (Å²) in [5.74, 6) is 19.7. The lowest BCUT2D eigenvalue weighted by atomic mass is 10.0. The largest absolute Gasteiger partial charge is 0.392 e. The number of benzene rings is 3. The first kappa shape index (κ1) is 72.4. The number of hydrogen-bond acceptors (Lipinski definition) is 18. The minimum absolute atomic E-state index is 0.0171. The Hall–Kier alpha value is -10.0. The first-order chi connectivity index (χ1) is 45.9. The van der Waals surface area contributed by atoms with Crippen molar-refractivity contribution in [2.45, 2.75) is 98.4 Å². The molecule has 9 N–H and O–H groups in total. The van der Waals surface area contributed by atoms with E-state index in [1.807, 2.05) is 80.0 Å². The van der Waals surface area contributed by atoms with Gasteiger partial charge in [-0.3, -0.25) is 29.0 Å². The second kappa shape index (κ2) is 37.0. The number of aromatic nitrogens is 7. The summed E-state index contributed by atoms with van der Waals surface area (Å²) in [5, 5.41) is 36.5. The van der Waals surface area contributed by atoms with Crippen LogP contribution in [-0.4, -0.2) is 159 Å². The highest BCUT2D eigenvalue weighted by molar-refractivity contribution is 5.97. The van der Waals surface area contributed by atoms with Crippen molar-refractivity contribution in [3.8, 4) is 46.6 Å². The number of aliphatic hydroxyl groups excluding tert-OH is 3. The molecule has 0 aliphatic rings. The van der Waals surface area contributed by atoms with Crippen molar-refractivity contribution in [1.29, 1.82) is 0 Å². The van der Waals surface area contributed by atoms with Crippen molar-refractivity contribution in [3.05, 3.63) is 197 Å². The molecule has 0 aliphatic carbocycles. The molecule has 3 unspecified atom stereocenters. The molecular weight excluding hydrogens is 1190 g/mol. The number of fused-ring (bicyclic) bond motifs is 2. The zero-order valence-corrected chi connectivity index (χ0v) is 55.5. The first-order valence-corrected chi connectivity index (χ1v) is 32.3. The van der Waals surface area contributed by atoms with Crippen LogP contribution in [0.25, 0.3) is 32.9 Å². The monoisotopic (exact) mass is 1280 g/mol. The molecular formula is C76H87N13O6. The Morgan fingerprint density at radius 1 is 0.463 bits per heavy atom. The fourth-order valence-corrected chi connectivity index (χ4v) is 10.3. The summed E-state index contributed by atoms with van der Waals surface area (Å²) in [5.41, 5.74) is 27.4. The molecule has 0 amide bonds. The van der Waals surface area contributed by atoms with Crippen LogP contribution in [0.5, 0.6) is 0 Å². The van der Waals surface area contributed by atoms with Gasteiger partial charge in [0.1, 0.15) is 17.5 Å². The summed E-state index contributed by atoms with van der Waals surface area (Å²) in [6.07, 6.45) is 12.9. The summed E-state index contributed by atoms with van der Waals surface area (Å²) in [6, 6.07) is 30.9. The average Bonchev–Trinajstić information content (AvgIpc) is 1.68. The van der Waals surface area contributed by atoms with Gasteiger partial charge in [-0.1, -0.05) is 113 Å². The topological polar surface area (TPSA) is 282 Å². The first-order valence-electron chi connectivity index (χ1n) is 32.3. The summed E-state index contributed by atoms with van der Waals surface area (Å²) >= 11 is 0. The molecule has 0 radical (unpaired) electrons. The van der Waals surface area contributed by atoms with Crippen LogP contribution in [0.2, 0.25) is 0 Å². The average molecular weight is 1280 g/mol. The minimum Gasteiger partial charge on any atom is -0.392 e. The van der Waals surface area contributed by atoms with Crippen molar-refractivity contribution in [1.82, 2.24) is 49.4 Å². The van der Waals surface area contributed by atoms with Gasteiger partial charge in [-0.05, 0) is 125 Å². The molecule has 9 aromatic rings. The fraction of sp³-hybridized carbons (Fsp3) is 0.329. The smallest absolute Gasteiger partial charge is 0.162 e. The quantitative estimate of drug-likeness (QED) is 0.0229. The van der Waals surface area contributed by atoms with E-state index in [1.54, 1.807) is 78.3 Å². The Kier molecular flexibility index (Phi) is 28.2. The van der Waals surface area contributed by atoms with Gasteiger partial charge in [0, 0.05) is 132 Å². The number of carbonyl (C=O) groups is 3. The van der Waals surface area contributed by atoms with Crippen LogP contribution in [-0.2, 0) is 7.05 Å². The molecule has 0 spiro atoms. The van der Waals surface area contributed by atoms with E-state index in [0.717, 1.165) is 88.9 Å². The lowest BCUT2D eigenvalue weighted by molar-refractivity contribution is 0.0874. The number of nitrogens with two attached hydrogens (primary N) is 3. The number of nitrogen functional groups attached to an aromatic ring is 3. The van der Waals surface area contributed by atoms with Gasteiger partial charge in [0.2, 0.25) is 0 Å². The Bertz CT molecular complexity index is 4010. The van der Waals surface area contributed by atoms with Crippen LogP contribution in [0, 0.1) is 35.5 Å². The van der Waals surface area contributed by atoms with E-state index in [4.69, 9.17) is 17.2 Å². The number of likely N-dealkylation sites (N-methyl/N-ethyl adjacent to an activating group) is 3. The maximum atomic E-state index is 12.5. The molecule has 0 saturated carbocycles. The highest BCUT2D eigenvalue weighted by atomic mass is 16.3. The van der Waals surface area contributed by atoms with Gasteiger partial charge >= 0.3 is 0 Å². The second-order valence-corrected chi connectivity index (χ2v) is 22.7. The van der Waals surface area contributed by atoms with E-state index >= 15 is 0 Å². The van der Waals surface area contributed by atoms with Gasteiger partial charge in [0.15, 0.2) is 17.3 Å². The molecule has 492 valence electrons. The minimum atomic E-state index is -0.502. The highest BCUT2D eigenvalue weighted by Gasteiger charge is 2.17. The van der Waals surface area contributed by atoms with E-state index in [-0.39, 0.29) is 17.3 Å². The summed E-state index contributed by atoms with van der Waals surface area (Å²) in [6.45, 7) is 19.5. The summed E-state index contributed by atoms with van der Waals surface area (Å²) < 4.78 is 1.72. The molecule has 0 aliphatic heterocycles. The third-order valence-corrected chi connectivity index (χ3v) is 16.2. The molecule has 0 bridgehead atoms. The zero-order chi connectivity index (χ0) is 68.2. The Labute approximate surface area is 557 Å². The maximum absolute atomic E-state index is 12.5. The molecule has 6 aromatic heterocycles. The number of aliphatic hydroxyl groups is 3. The van der Waals surface area contributed by atoms with Gasteiger partial charge in [-0.15, -0.1) is 0 Å². The van der Waals surface area contributed by atoms with Crippen LogP contribution < -0.4 is 17.2 Å². The van der Waals surface area contributed by atoms with Crippen molar-refractivity contribution in [3.63, 3.8) is 0 Å². The van der Waals surface area contributed by atoms with E-state index in [2.05, 4.69) is 122 Å². The number of aryl methyl sites for hydroxylation is 1. The maximum Gasteiger partial charge on any atom is 0.162 e. The van der Waals surface area contributed by atoms with Crippen molar-refractivity contribution >= 4 is 56.6 Å². The Morgan fingerprint density at radius 3 is 1.33 bits per heavy atom. The molecule has 95 heavy (non-hydrogen) atoms. The van der Waals surface area contributed by atoms with E-state index < -0.39 is 18.3 Å². The Morgan fingerprint density at radius 2 is 0.874 bits per heavy atom. The van der Waals surface area contributed by atoms with Gasteiger partial charge in [0.25, 0.3) is 0 Å². The fourth-order valence-electron chi connectivity index (χ4n) is 10.3. The van der Waals surface area contributed by atoms with Crippen LogP contribution in [0.1, 0.15) is 145 Å². The van der Waals surface area contributed by atoms with Crippen LogP contribution >= 0.6 is 0 Å². The summed E-state index contributed by atoms with van der Waals surface area (Å²) in [7, 11) is 1.86. The third kappa shape index (κ3) is 21.8. The Balaban J connectivity index is 0.000000201. The normalized spacial score (nSPS) is 11.8. The number of nitrogens with zero attached hydrogens (tertiary/aromatic N) is 10. The number of ketones is 3. The van der Waals surface area contributed by atoms with E-state index in [0.29, 0.717) is 109 Å². The lowest BCUT2D eigenvalue weighted by Gasteiger charge is -2.21. The number of pyridine rings is 5. The van der Waals surface area contributed by atoms with Gasteiger partial charge in [-0.2, -0.15) is 5.10 Å². The molecule has 9 rings (SSSR count). The molecule has 19 heteroatoms. The van der Waals surface area contributed by atoms with Crippen molar-refractivity contribution in [2.24, 2.45) is 7.05 Å². The SMILES string of the molecule is CCN(CC)CC(O)CCC(=O)c1ccc(C#Cc2c(-c3cnn(C)c3)ccnc2N)cc1.CCN(CC)CC(O)CCC(=O)c1ccc(C#Cc2c(N)ncc3cccnc23)cc1.CCN(CC)CC(O)CCC(=O)c1ccc(C#Cc2c(N)ncc3ncccc23)cc1. The van der Waals surface area contributed by atoms with E-state index in [9.17, 15) is 29.7 Å². The molecule has 3 aromatic carbocycles. The van der Waals surface area contributed by atoms with Crippen LogP contribution in [0.15, 0.2) is 147 Å². The van der Waals surface area contributed by atoms with Crippen molar-refractivity contribution < 1.29 is 29.7 Å². The highest BCUT2D eigenvalue weighted by Crippen LogP contribution is 2.26. The zero-order valence-electron chi connectivity index (χ0n) is 55.5. The molecule has 19 nitrogen and oxygen atoms in total. The number of rotatable bonds is 25. The van der Waals surface area contributed by atoms with Gasteiger partial charge in [0.05, 0.1) is 58.4 Å². The van der Waals surface area contributed by atoms with E-state index in [1.165, 1.54) is 0 Å². The predicted molar refractivity (Wildman–Crippen MR) is 378 cm³/mol. The van der Waals surface area contributed by atoms with Crippen LogP contribution in [0.4, 0.5) is 17.5 Å². The number of hydrogen-bond donors (Lipinski definition) is 6. The van der Waals surface area contributed by atoms with Gasteiger partial charge in [-0.25, -0.2) is 15.0 Å². The number of carbonyl (C=O) groups excluding carboxylic acids is 3. The molecule has 3 atom stereocenters. The standard InChI is InChI=1S/C26H31N5O2.2C25H28N4O2/c1-4-31(5-2)18-22(32)11-13-25(33)20-9-6-19(7-10-20)8-12-24-23(14-15-28-26(24)27)21-16-29-30(3)17-21;1-3-29(4-2)17-20(30)12-14-24(31)19-10-7-18(8-11-19)9-13-22-21-6-5-15-27-23(21)16-28-25(22)26;1-3-29(4-2)17-21(30)12-14-23(31)19-10-7-18(8-11-19)9-13-22-24-20(6-5-15-27-24)16-28-25(22)26/h6-7,9-10,14-17,22,32H,4-5,11,13,18H2,1-3H3,(H2,27,28);5-8,10-11,15-16,20,30H,3-4,12,14,17H2,1-2H3,(H2,26,28);5-8,10-11,15-16,21,30H,3-4,12,14,17H2,1-2H3,(H2,26,28). The number of Topliss-reactive ketones (excluding diaryl/α,β-unsaturated/α-hetero) is 3. The lowest BCUT2D eigenvalue weighted by Crippen LogP contribution is -2.32. The van der Waals surface area contributed by atoms with Gasteiger partial charge < -0.3 is 47.2 Å². The summed E-state index contributed by atoms with van der Waals surface area (Å²) in [4.78, 5) is 65.1. The third-order valence-electron chi connectivity index (χ3n) is 16.2.